The van der Waals surface area contributed by atoms with Gasteiger partial charge in [0, 0.05) is 18.9 Å². The summed E-state index contributed by atoms with van der Waals surface area (Å²) >= 11 is 0. The minimum absolute atomic E-state index is 0.100. The van der Waals surface area contributed by atoms with Crippen LogP contribution in [-0.4, -0.2) is 26.3 Å². The fraction of sp³-hybridized carbons (Fsp3) is 0.0556. The highest BCUT2D eigenvalue weighted by Crippen LogP contribution is 2.23. The van der Waals surface area contributed by atoms with Crippen molar-refractivity contribution >= 4 is 17.1 Å². The number of rotatable bonds is 6. The third-order valence-corrected chi connectivity index (χ3v) is 3.48. The molecule has 0 fully saturated rings. The Bertz CT molecular complexity index is 1030. The van der Waals surface area contributed by atoms with Gasteiger partial charge in [0.25, 0.3) is 0 Å². The van der Waals surface area contributed by atoms with Gasteiger partial charge in [0.15, 0.2) is 5.76 Å². The molecule has 3 N–H and O–H groups in total. The molecule has 0 saturated heterocycles. The molecule has 0 aliphatic rings. The molecule has 0 amide bonds. The Hall–Kier alpha value is -3.99. The summed E-state index contributed by atoms with van der Waals surface area (Å²) in [5, 5.41) is 29.9. The summed E-state index contributed by atoms with van der Waals surface area (Å²) in [7, 11) is 0. The number of ether oxygens (including phenoxy) is 1. The lowest BCUT2D eigenvalue weighted by atomic mass is 10.1. The molecule has 0 radical (unpaired) electrons. The van der Waals surface area contributed by atoms with Gasteiger partial charge in [-0.05, 0) is 17.7 Å². The van der Waals surface area contributed by atoms with Crippen LogP contribution in [0.5, 0.6) is 11.9 Å². The van der Waals surface area contributed by atoms with E-state index in [0.29, 0.717) is 23.0 Å². The number of aromatic nitrogens is 3. The van der Waals surface area contributed by atoms with Crippen LogP contribution in [-0.2, 0) is 6.54 Å². The first-order valence-corrected chi connectivity index (χ1v) is 7.62. The van der Waals surface area contributed by atoms with E-state index >= 15 is 0 Å². The number of allylic oxidation sites excluding steroid dienone is 1. The molecule has 26 heavy (non-hydrogen) atoms. The first-order chi connectivity index (χ1) is 12.7. The number of nitriles is 1. The first-order valence-electron chi connectivity index (χ1n) is 7.62. The molecule has 0 unspecified atom stereocenters. The number of fused-ring (bicyclic) bond motifs is 1. The van der Waals surface area contributed by atoms with Crippen molar-refractivity contribution in [2.75, 3.05) is 0 Å². The summed E-state index contributed by atoms with van der Waals surface area (Å²) in [5.74, 6) is -0.0882. The number of aromatic hydroxyl groups is 1. The Morgan fingerprint density at radius 2 is 2.15 bits per heavy atom. The largest absolute Gasteiger partial charge is 0.493 e. The molecule has 8 nitrogen and oxygen atoms in total. The van der Waals surface area contributed by atoms with Crippen LogP contribution in [0.2, 0.25) is 0 Å². The maximum atomic E-state index is 9.94. The van der Waals surface area contributed by atoms with Crippen molar-refractivity contribution in [3.63, 3.8) is 0 Å². The number of benzene rings is 1. The van der Waals surface area contributed by atoms with E-state index in [2.05, 4.69) is 26.3 Å². The van der Waals surface area contributed by atoms with Gasteiger partial charge in [0.2, 0.25) is 5.88 Å². The van der Waals surface area contributed by atoms with E-state index in [1.807, 2.05) is 12.1 Å². The number of nitrogens with one attached hydrogen (secondary N) is 2. The maximum absolute atomic E-state index is 9.94. The van der Waals surface area contributed by atoms with Crippen LogP contribution >= 0.6 is 0 Å². The van der Waals surface area contributed by atoms with Gasteiger partial charge in [-0.15, -0.1) is 0 Å². The van der Waals surface area contributed by atoms with Crippen molar-refractivity contribution in [2.45, 2.75) is 6.54 Å². The molecule has 2 heterocycles. The van der Waals surface area contributed by atoms with Gasteiger partial charge in [0.05, 0.1) is 34.9 Å². The molecule has 0 saturated carbocycles. The lowest BCUT2D eigenvalue weighted by molar-refractivity contribution is 0.394. The molecule has 1 aromatic carbocycles. The molecule has 0 aliphatic heterocycles. The predicted octanol–water partition coefficient (Wildman–Crippen LogP) is 2.26. The van der Waals surface area contributed by atoms with Gasteiger partial charge in [-0.25, -0.2) is 0 Å². The van der Waals surface area contributed by atoms with Crippen LogP contribution in [0.1, 0.15) is 11.1 Å². The highest BCUT2D eigenvalue weighted by molar-refractivity contribution is 5.82. The van der Waals surface area contributed by atoms with Crippen LogP contribution in [0.4, 0.5) is 0 Å². The van der Waals surface area contributed by atoms with Crippen LogP contribution in [0.3, 0.4) is 0 Å². The zero-order valence-corrected chi connectivity index (χ0v) is 13.5. The normalized spacial score (nSPS) is 11.0. The van der Waals surface area contributed by atoms with Gasteiger partial charge in [0.1, 0.15) is 0 Å². The molecular formula is C18H14N6O2. The van der Waals surface area contributed by atoms with Gasteiger partial charge in [-0.2, -0.15) is 15.2 Å². The van der Waals surface area contributed by atoms with Gasteiger partial charge < -0.3 is 20.6 Å². The molecule has 3 rings (SSSR count). The standard InChI is InChI=1S/C18H14N6O2/c19-7-12-3-1-2-4-13(12)9-22-10-14(8-20)26-18-23-16-11-21-6-5-15(16)17(25)24-18/h1-6,8,10-11,20,22H,9H2,(H,23,24,25)/b14-10+,20-8?. The molecule has 128 valence electrons. The van der Waals surface area contributed by atoms with E-state index in [0.717, 1.165) is 11.8 Å². The Labute approximate surface area is 148 Å². The second kappa shape index (κ2) is 7.72. The number of nitrogens with zero attached hydrogens (tertiary/aromatic N) is 4. The Morgan fingerprint density at radius 1 is 1.31 bits per heavy atom. The van der Waals surface area contributed by atoms with Crippen molar-refractivity contribution in [1.29, 1.82) is 10.7 Å². The number of pyridine rings is 1. The fourth-order valence-corrected chi connectivity index (χ4v) is 2.24. The molecule has 8 heteroatoms. The van der Waals surface area contributed by atoms with E-state index < -0.39 is 0 Å². The van der Waals surface area contributed by atoms with Gasteiger partial charge in [-0.3, -0.25) is 4.98 Å². The van der Waals surface area contributed by atoms with E-state index in [4.69, 9.17) is 15.4 Å². The molecule has 3 aromatic rings. The summed E-state index contributed by atoms with van der Waals surface area (Å²) < 4.78 is 5.43. The van der Waals surface area contributed by atoms with Crippen LogP contribution < -0.4 is 10.1 Å². The molecule has 2 aromatic heterocycles. The lowest BCUT2D eigenvalue weighted by Crippen LogP contribution is -2.10. The van der Waals surface area contributed by atoms with Crippen molar-refractivity contribution < 1.29 is 9.84 Å². The van der Waals surface area contributed by atoms with Crippen LogP contribution in [0.25, 0.3) is 10.9 Å². The van der Waals surface area contributed by atoms with E-state index in [9.17, 15) is 5.11 Å². The second-order valence-corrected chi connectivity index (χ2v) is 5.17. The molecule has 0 bridgehead atoms. The van der Waals surface area contributed by atoms with Gasteiger partial charge in [-0.1, -0.05) is 18.2 Å². The lowest BCUT2D eigenvalue weighted by Gasteiger charge is -2.07. The highest BCUT2D eigenvalue weighted by atomic mass is 16.5. The SMILES string of the molecule is N#Cc1ccccc1CN/C=C(\C=N)Oc1nc(O)c2ccncc2n1. The van der Waals surface area contributed by atoms with Crippen LogP contribution in [0, 0.1) is 16.7 Å². The third-order valence-electron chi connectivity index (χ3n) is 3.48. The monoisotopic (exact) mass is 346 g/mol. The topological polar surface area (TPSA) is 128 Å². The number of hydrogen-bond donors (Lipinski definition) is 3. The van der Waals surface area contributed by atoms with Gasteiger partial charge >= 0.3 is 6.01 Å². The summed E-state index contributed by atoms with van der Waals surface area (Å²) in [5.41, 5.74) is 1.82. The van der Waals surface area contributed by atoms with E-state index in [-0.39, 0.29) is 17.6 Å². The average Bonchev–Trinajstić information content (AvgIpc) is 2.67. The number of hydrogen-bond acceptors (Lipinski definition) is 8. The highest BCUT2D eigenvalue weighted by Gasteiger charge is 2.09. The zero-order valence-electron chi connectivity index (χ0n) is 13.5. The van der Waals surface area contributed by atoms with Crippen LogP contribution in [0.15, 0.2) is 54.7 Å². The predicted molar refractivity (Wildman–Crippen MR) is 94.5 cm³/mol. The minimum atomic E-state index is -0.229. The Morgan fingerprint density at radius 3 is 2.96 bits per heavy atom. The smallest absolute Gasteiger partial charge is 0.326 e. The summed E-state index contributed by atoms with van der Waals surface area (Å²) in [6, 6.07) is 10.8. The fourth-order valence-electron chi connectivity index (χ4n) is 2.24. The van der Waals surface area contributed by atoms with Crippen molar-refractivity contribution in [2.24, 2.45) is 0 Å². The van der Waals surface area contributed by atoms with E-state index in [1.165, 1.54) is 18.6 Å². The summed E-state index contributed by atoms with van der Waals surface area (Å²) in [4.78, 5) is 11.9. The Kier molecular flexibility index (Phi) is 5.00. The molecule has 0 spiro atoms. The van der Waals surface area contributed by atoms with Crippen molar-refractivity contribution in [3.05, 3.63) is 65.8 Å². The summed E-state index contributed by atoms with van der Waals surface area (Å²) in [6.45, 7) is 0.387. The first kappa shape index (κ1) is 16.9. The van der Waals surface area contributed by atoms with Crippen molar-refractivity contribution in [1.82, 2.24) is 20.3 Å². The molecule has 0 atom stereocenters. The summed E-state index contributed by atoms with van der Waals surface area (Å²) in [6.07, 6.45) is 5.46. The second-order valence-electron chi connectivity index (χ2n) is 5.17. The zero-order chi connectivity index (χ0) is 18.4. The quantitative estimate of drug-likeness (QED) is 0.461. The molecule has 0 aliphatic carbocycles. The minimum Gasteiger partial charge on any atom is -0.493 e. The van der Waals surface area contributed by atoms with Crippen molar-refractivity contribution in [3.8, 4) is 18.0 Å². The maximum Gasteiger partial charge on any atom is 0.326 e. The van der Waals surface area contributed by atoms with E-state index in [1.54, 1.807) is 18.2 Å². The third kappa shape index (κ3) is 3.73. The average molecular weight is 346 g/mol. The Balaban J connectivity index is 1.74. The molecular weight excluding hydrogens is 332 g/mol.